The van der Waals surface area contributed by atoms with Gasteiger partial charge in [-0.1, -0.05) is 36.2 Å². The first-order valence-electron chi connectivity index (χ1n) is 7.55. The van der Waals surface area contributed by atoms with Crippen molar-refractivity contribution in [2.75, 3.05) is 27.2 Å². The van der Waals surface area contributed by atoms with Crippen molar-refractivity contribution in [3.8, 4) is 0 Å². The number of likely N-dealkylation sites (N-methyl/N-ethyl adjacent to an activating group) is 1. The Balaban J connectivity index is 1.97. The molecule has 1 heterocycles. The Labute approximate surface area is 118 Å². The quantitative estimate of drug-likeness (QED) is 0.875. The molecule has 106 valence electrons. The van der Waals surface area contributed by atoms with Crippen LogP contribution in [0.25, 0.3) is 0 Å². The van der Waals surface area contributed by atoms with Gasteiger partial charge < -0.3 is 10.2 Å². The lowest BCUT2D eigenvalue weighted by Crippen LogP contribution is -2.54. The molecule has 1 aromatic rings. The fourth-order valence-corrected chi connectivity index (χ4v) is 3.20. The molecule has 19 heavy (non-hydrogen) atoms. The summed E-state index contributed by atoms with van der Waals surface area (Å²) in [5.74, 6) is 0. The minimum Gasteiger partial charge on any atom is -0.310 e. The van der Waals surface area contributed by atoms with Gasteiger partial charge in [-0.25, -0.2) is 0 Å². The highest BCUT2D eigenvalue weighted by Crippen LogP contribution is 2.25. The highest BCUT2D eigenvalue weighted by Gasteiger charge is 2.31. The molecule has 0 aromatic heterocycles. The van der Waals surface area contributed by atoms with Gasteiger partial charge in [0, 0.05) is 12.1 Å². The molecule has 1 aliphatic rings. The van der Waals surface area contributed by atoms with Gasteiger partial charge in [0.2, 0.25) is 0 Å². The van der Waals surface area contributed by atoms with Crippen LogP contribution in [0, 0.1) is 6.92 Å². The fourth-order valence-electron chi connectivity index (χ4n) is 3.20. The lowest BCUT2D eigenvalue weighted by atomic mass is 9.83. The van der Waals surface area contributed by atoms with Gasteiger partial charge in [0.15, 0.2) is 0 Å². The molecule has 2 nitrogen and oxygen atoms in total. The van der Waals surface area contributed by atoms with Crippen LogP contribution in [0.4, 0.5) is 0 Å². The molecule has 1 saturated heterocycles. The lowest BCUT2D eigenvalue weighted by Gasteiger charge is -2.40. The van der Waals surface area contributed by atoms with E-state index in [1.165, 1.54) is 49.8 Å². The van der Waals surface area contributed by atoms with E-state index < -0.39 is 0 Å². The third kappa shape index (κ3) is 4.32. The van der Waals surface area contributed by atoms with Crippen molar-refractivity contribution in [3.05, 3.63) is 35.4 Å². The molecule has 1 N–H and O–H groups in total. The van der Waals surface area contributed by atoms with Gasteiger partial charge in [0.1, 0.15) is 0 Å². The zero-order chi connectivity index (χ0) is 13.7. The molecular formula is C17H28N2. The molecule has 0 radical (unpaired) electrons. The zero-order valence-corrected chi connectivity index (χ0v) is 12.7. The SMILES string of the molecule is Cc1ccc(CCC2(CN(C)C)CCCCN2)cc1. The molecule has 1 unspecified atom stereocenters. The summed E-state index contributed by atoms with van der Waals surface area (Å²) in [6.07, 6.45) is 6.45. The Morgan fingerprint density at radius 1 is 1.16 bits per heavy atom. The van der Waals surface area contributed by atoms with Crippen LogP contribution in [0.1, 0.15) is 36.8 Å². The van der Waals surface area contributed by atoms with Crippen molar-refractivity contribution in [1.82, 2.24) is 10.2 Å². The molecule has 0 amide bonds. The topological polar surface area (TPSA) is 15.3 Å². The van der Waals surface area contributed by atoms with E-state index in [-0.39, 0.29) is 0 Å². The van der Waals surface area contributed by atoms with Crippen LogP contribution in [0.15, 0.2) is 24.3 Å². The predicted molar refractivity (Wildman–Crippen MR) is 82.6 cm³/mol. The Bertz CT molecular complexity index is 375. The van der Waals surface area contributed by atoms with E-state index in [0.717, 1.165) is 6.54 Å². The van der Waals surface area contributed by atoms with Crippen LogP contribution in [-0.2, 0) is 6.42 Å². The average molecular weight is 260 g/mol. The Morgan fingerprint density at radius 3 is 2.47 bits per heavy atom. The molecule has 0 spiro atoms. The maximum absolute atomic E-state index is 3.80. The summed E-state index contributed by atoms with van der Waals surface area (Å²) < 4.78 is 0. The molecule has 0 saturated carbocycles. The van der Waals surface area contributed by atoms with Crippen molar-refractivity contribution in [3.63, 3.8) is 0 Å². The first kappa shape index (κ1) is 14.5. The van der Waals surface area contributed by atoms with Crippen LogP contribution in [-0.4, -0.2) is 37.6 Å². The maximum atomic E-state index is 3.80. The summed E-state index contributed by atoms with van der Waals surface area (Å²) in [5.41, 5.74) is 3.14. The Kier molecular flexibility index (Phi) is 5.00. The van der Waals surface area contributed by atoms with E-state index >= 15 is 0 Å². The molecule has 1 aliphatic heterocycles. The number of nitrogens with one attached hydrogen (secondary N) is 1. The van der Waals surface area contributed by atoms with E-state index in [1.807, 2.05) is 0 Å². The minimum atomic E-state index is 0.326. The number of piperidine rings is 1. The number of hydrogen-bond acceptors (Lipinski definition) is 2. The maximum Gasteiger partial charge on any atom is 0.0311 e. The van der Waals surface area contributed by atoms with E-state index in [4.69, 9.17) is 0 Å². The van der Waals surface area contributed by atoms with Crippen molar-refractivity contribution >= 4 is 0 Å². The number of benzene rings is 1. The van der Waals surface area contributed by atoms with Crippen molar-refractivity contribution in [2.45, 2.75) is 44.6 Å². The Hall–Kier alpha value is -0.860. The van der Waals surface area contributed by atoms with Crippen LogP contribution in [0.2, 0.25) is 0 Å². The fraction of sp³-hybridized carbons (Fsp3) is 0.647. The molecule has 0 aliphatic carbocycles. The van der Waals surface area contributed by atoms with Gasteiger partial charge in [0.25, 0.3) is 0 Å². The van der Waals surface area contributed by atoms with Crippen LogP contribution in [0.5, 0.6) is 0 Å². The summed E-state index contributed by atoms with van der Waals surface area (Å²) in [5, 5.41) is 3.80. The second kappa shape index (κ2) is 6.53. The summed E-state index contributed by atoms with van der Waals surface area (Å²) in [6.45, 7) is 4.49. The average Bonchev–Trinajstić information content (AvgIpc) is 2.38. The Morgan fingerprint density at radius 2 is 1.89 bits per heavy atom. The molecule has 1 aromatic carbocycles. The van der Waals surface area contributed by atoms with E-state index in [9.17, 15) is 0 Å². The largest absolute Gasteiger partial charge is 0.310 e. The smallest absolute Gasteiger partial charge is 0.0311 e. The molecular weight excluding hydrogens is 232 g/mol. The van der Waals surface area contributed by atoms with E-state index in [2.05, 4.69) is 55.5 Å². The lowest BCUT2D eigenvalue weighted by molar-refractivity contribution is 0.178. The van der Waals surface area contributed by atoms with Gasteiger partial charge in [-0.15, -0.1) is 0 Å². The summed E-state index contributed by atoms with van der Waals surface area (Å²) in [6, 6.07) is 9.01. The van der Waals surface area contributed by atoms with Gasteiger partial charge in [0.05, 0.1) is 0 Å². The first-order chi connectivity index (χ1) is 9.10. The van der Waals surface area contributed by atoms with Crippen molar-refractivity contribution in [2.24, 2.45) is 0 Å². The van der Waals surface area contributed by atoms with Crippen molar-refractivity contribution < 1.29 is 0 Å². The first-order valence-corrected chi connectivity index (χ1v) is 7.55. The molecule has 1 atom stereocenters. The summed E-state index contributed by atoms with van der Waals surface area (Å²) >= 11 is 0. The number of rotatable bonds is 5. The standard InChI is InChI=1S/C17H28N2/c1-15-6-8-16(9-7-15)10-12-17(14-19(2)3)11-4-5-13-18-17/h6-9,18H,4-5,10-14H2,1-3H3. The van der Waals surface area contributed by atoms with E-state index in [0.29, 0.717) is 5.54 Å². The second-order valence-corrected chi connectivity index (χ2v) is 6.39. The molecule has 0 bridgehead atoms. The van der Waals surface area contributed by atoms with Gasteiger partial charge in [-0.3, -0.25) is 0 Å². The third-order valence-corrected chi connectivity index (χ3v) is 4.21. The predicted octanol–water partition coefficient (Wildman–Crippen LogP) is 3.00. The van der Waals surface area contributed by atoms with Gasteiger partial charge in [-0.2, -0.15) is 0 Å². The summed E-state index contributed by atoms with van der Waals surface area (Å²) in [7, 11) is 4.37. The number of aryl methyl sites for hydroxylation is 2. The van der Waals surface area contributed by atoms with E-state index in [1.54, 1.807) is 0 Å². The zero-order valence-electron chi connectivity index (χ0n) is 12.7. The van der Waals surface area contributed by atoms with Gasteiger partial charge >= 0.3 is 0 Å². The summed E-state index contributed by atoms with van der Waals surface area (Å²) in [4.78, 5) is 2.33. The third-order valence-electron chi connectivity index (χ3n) is 4.21. The van der Waals surface area contributed by atoms with Crippen molar-refractivity contribution in [1.29, 1.82) is 0 Å². The number of hydrogen-bond donors (Lipinski definition) is 1. The van der Waals surface area contributed by atoms with Crippen LogP contribution >= 0.6 is 0 Å². The normalized spacial score (nSPS) is 23.8. The monoisotopic (exact) mass is 260 g/mol. The highest BCUT2D eigenvalue weighted by molar-refractivity contribution is 5.21. The van der Waals surface area contributed by atoms with Gasteiger partial charge in [-0.05, 0) is 58.8 Å². The van der Waals surface area contributed by atoms with Crippen LogP contribution in [0.3, 0.4) is 0 Å². The molecule has 2 rings (SSSR count). The minimum absolute atomic E-state index is 0.326. The molecule has 2 heteroatoms. The van der Waals surface area contributed by atoms with Crippen LogP contribution < -0.4 is 5.32 Å². The second-order valence-electron chi connectivity index (χ2n) is 6.39. The highest BCUT2D eigenvalue weighted by atomic mass is 15.1. The molecule has 1 fully saturated rings. The number of nitrogens with zero attached hydrogens (tertiary/aromatic N) is 1.